The molecule has 1 saturated heterocycles. The van der Waals surface area contributed by atoms with Gasteiger partial charge in [-0.15, -0.1) is 0 Å². The third-order valence-electron chi connectivity index (χ3n) is 4.86. The van der Waals surface area contributed by atoms with E-state index >= 15 is 0 Å². The second-order valence-corrected chi connectivity index (χ2v) is 7.27. The maximum Gasteiger partial charge on any atom is 0.233 e. The van der Waals surface area contributed by atoms with Crippen molar-refractivity contribution in [3.8, 4) is 0 Å². The van der Waals surface area contributed by atoms with Crippen molar-refractivity contribution in [3.05, 3.63) is 42.2 Å². The first kappa shape index (κ1) is 19.6. The van der Waals surface area contributed by atoms with E-state index in [1.165, 1.54) is 6.42 Å². The van der Waals surface area contributed by atoms with Gasteiger partial charge >= 0.3 is 0 Å². The third-order valence-corrected chi connectivity index (χ3v) is 4.86. The van der Waals surface area contributed by atoms with Crippen LogP contribution in [0.2, 0.25) is 0 Å². The van der Waals surface area contributed by atoms with Crippen LogP contribution in [0.4, 0.5) is 11.6 Å². The molecule has 8 nitrogen and oxygen atoms in total. The van der Waals surface area contributed by atoms with Crippen molar-refractivity contribution < 1.29 is 4.79 Å². The number of rotatable bonds is 7. The number of amides is 1. The second-order valence-electron chi connectivity index (χ2n) is 7.27. The van der Waals surface area contributed by atoms with Crippen LogP contribution in [0, 0.1) is 5.92 Å². The van der Waals surface area contributed by atoms with Gasteiger partial charge in [0.25, 0.3) is 0 Å². The Kier molecular flexibility index (Phi) is 6.08. The molecule has 2 N–H and O–H groups in total. The lowest BCUT2D eigenvalue weighted by atomic mass is 10.1. The Labute approximate surface area is 165 Å². The molecular weight excluding hydrogens is 354 g/mol. The Morgan fingerprint density at radius 2 is 2.25 bits per heavy atom. The van der Waals surface area contributed by atoms with E-state index in [1.54, 1.807) is 17.0 Å². The van der Waals surface area contributed by atoms with Gasteiger partial charge in [0.15, 0.2) is 5.82 Å². The number of nitrogens with zero attached hydrogens (tertiary/aromatic N) is 6. The van der Waals surface area contributed by atoms with Crippen LogP contribution < -0.4 is 15.5 Å². The summed E-state index contributed by atoms with van der Waals surface area (Å²) in [5.41, 5.74) is 8.12. The molecule has 1 atom stereocenters. The fourth-order valence-corrected chi connectivity index (χ4v) is 3.27. The predicted octanol–water partition coefficient (Wildman–Crippen LogP) is 1.69. The lowest BCUT2D eigenvalue weighted by molar-refractivity contribution is -0.106. The van der Waals surface area contributed by atoms with Crippen LogP contribution >= 0.6 is 0 Å². The van der Waals surface area contributed by atoms with Gasteiger partial charge in [0.05, 0.1) is 12.3 Å². The molecule has 0 saturated carbocycles. The highest BCUT2D eigenvalue weighted by molar-refractivity contribution is 6.05. The molecule has 28 heavy (non-hydrogen) atoms. The third kappa shape index (κ3) is 4.76. The number of pyridine rings is 1. The SMILES string of the molecule is C[C@H]1CCN(c2ccc(/C(N)=C/C(CN(C)c3ccn(C)n3)=NC=O)cn2)C1. The van der Waals surface area contributed by atoms with Crippen molar-refractivity contribution in [3.63, 3.8) is 0 Å². The molecule has 0 spiro atoms. The molecule has 0 aliphatic carbocycles. The topological polar surface area (TPSA) is 92.6 Å². The highest BCUT2D eigenvalue weighted by atomic mass is 16.1. The Morgan fingerprint density at radius 1 is 1.43 bits per heavy atom. The van der Waals surface area contributed by atoms with E-state index in [0.717, 1.165) is 30.3 Å². The number of aryl methyl sites for hydroxylation is 1. The number of anilines is 2. The van der Waals surface area contributed by atoms with E-state index in [0.29, 0.717) is 30.3 Å². The molecule has 1 fully saturated rings. The summed E-state index contributed by atoms with van der Waals surface area (Å²) in [6.07, 6.45) is 7.07. The molecule has 1 aliphatic rings. The van der Waals surface area contributed by atoms with Gasteiger partial charge in [0, 0.05) is 56.9 Å². The highest BCUT2D eigenvalue weighted by Crippen LogP contribution is 2.22. The summed E-state index contributed by atoms with van der Waals surface area (Å²) in [4.78, 5) is 23.6. The van der Waals surface area contributed by atoms with Gasteiger partial charge < -0.3 is 15.5 Å². The fraction of sp³-hybridized carbons (Fsp3) is 0.400. The van der Waals surface area contributed by atoms with E-state index in [-0.39, 0.29) is 0 Å². The van der Waals surface area contributed by atoms with Crippen molar-refractivity contribution in [2.75, 3.05) is 36.5 Å². The van der Waals surface area contributed by atoms with Gasteiger partial charge in [-0.05, 0) is 30.5 Å². The normalized spacial score (nSPS) is 17.8. The summed E-state index contributed by atoms with van der Waals surface area (Å²) in [6, 6.07) is 5.84. The molecule has 2 aromatic rings. The monoisotopic (exact) mass is 381 g/mol. The molecule has 0 aromatic carbocycles. The lowest BCUT2D eigenvalue weighted by Crippen LogP contribution is -2.26. The summed E-state index contributed by atoms with van der Waals surface area (Å²) in [7, 11) is 3.75. The largest absolute Gasteiger partial charge is 0.398 e. The van der Waals surface area contributed by atoms with E-state index in [9.17, 15) is 4.79 Å². The van der Waals surface area contributed by atoms with Crippen molar-refractivity contribution in [1.82, 2.24) is 14.8 Å². The Morgan fingerprint density at radius 3 is 2.82 bits per heavy atom. The van der Waals surface area contributed by atoms with E-state index in [1.807, 2.05) is 43.4 Å². The average molecular weight is 381 g/mol. The van der Waals surface area contributed by atoms with E-state index < -0.39 is 0 Å². The first-order valence-corrected chi connectivity index (χ1v) is 9.36. The molecule has 1 amide bonds. The number of carbonyl (C=O) groups excluding carboxylic acids is 1. The fourth-order valence-electron chi connectivity index (χ4n) is 3.27. The van der Waals surface area contributed by atoms with Gasteiger partial charge in [0.1, 0.15) is 5.82 Å². The number of aromatic nitrogens is 3. The first-order valence-electron chi connectivity index (χ1n) is 9.36. The summed E-state index contributed by atoms with van der Waals surface area (Å²) in [5.74, 6) is 2.46. The second kappa shape index (κ2) is 8.69. The summed E-state index contributed by atoms with van der Waals surface area (Å²) < 4.78 is 1.72. The predicted molar refractivity (Wildman–Crippen MR) is 112 cm³/mol. The van der Waals surface area contributed by atoms with E-state index in [4.69, 9.17) is 5.73 Å². The van der Waals surface area contributed by atoms with Crippen LogP contribution in [0.15, 0.2) is 41.7 Å². The molecule has 1 aliphatic heterocycles. The van der Waals surface area contributed by atoms with Crippen molar-refractivity contribution in [1.29, 1.82) is 0 Å². The number of hydrogen-bond donors (Lipinski definition) is 1. The molecule has 0 radical (unpaired) electrons. The van der Waals surface area contributed by atoms with Crippen LogP contribution in [0.25, 0.3) is 5.70 Å². The van der Waals surface area contributed by atoms with Crippen LogP contribution in [0.5, 0.6) is 0 Å². The van der Waals surface area contributed by atoms with Gasteiger partial charge in [0.2, 0.25) is 6.41 Å². The summed E-state index contributed by atoms with van der Waals surface area (Å²) in [6.45, 7) is 4.74. The quantitative estimate of drug-likeness (QED) is 0.580. The lowest BCUT2D eigenvalue weighted by Gasteiger charge is -2.17. The van der Waals surface area contributed by atoms with Gasteiger partial charge in [-0.3, -0.25) is 9.48 Å². The van der Waals surface area contributed by atoms with Gasteiger partial charge in [-0.25, -0.2) is 9.98 Å². The minimum atomic E-state index is 0.410. The van der Waals surface area contributed by atoms with Gasteiger partial charge in [-0.2, -0.15) is 5.10 Å². The summed E-state index contributed by atoms with van der Waals surface area (Å²) in [5, 5.41) is 4.35. The van der Waals surface area contributed by atoms with E-state index in [2.05, 4.69) is 26.9 Å². The van der Waals surface area contributed by atoms with Crippen molar-refractivity contribution in [2.45, 2.75) is 13.3 Å². The maximum atomic E-state index is 11.0. The molecule has 2 aromatic heterocycles. The minimum Gasteiger partial charge on any atom is -0.398 e. The zero-order valence-corrected chi connectivity index (χ0v) is 16.6. The number of aliphatic imine (C=N–C) groups is 1. The smallest absolute Gasteiger partial charge is 0.233 e. The average Bonchev–Trinajstić information content (AvgIpc) is 3.30. The van der Waals surface area contributed by atoms with Crippen LogP contribution in [-0.4, -0.2) is 53.6 Å². The standard InChI is InChI=1S/C20H27N7O/c1-15-6-9-27(12-15)19-5-4-16(11-22-19)18(21)10-17(23-14-28)13-25(2)20-7-8-26(3)24-20/h4-5,7-8,10-11,14-15H,6,9,12-13,21H2,1-3H3/b18-10-,23-17?/t15-/m0/s1. The van der Waals surface area contributed by atoms with Crippen LogP contribution in [0.3, 0.4) is 0 Å². The Hall–Kier alpha value is -3.16. The minimum absolute atomic E-state index is 0.410. The molecule has 8 heteroatoms. The number of nitrogens with two attached hydrogens (primary N) is 1. The van der Waals surface area contributed by atoms with Crippen molar-refractivity contribution >= 4 is 29.5 Å². The summed E-state index contributed by atoms with van der Waals surface area (Å²) >= 11 is 0. The van der Waals surface area contributed by atoms with Gasteiger partial charge in [-0.1, -0.05) is 6.92 Å². The zero-order chi connectivity index (χ0) is 20.1. The molecule has 148 valence electrons. The molecule has 3 heterocycles. The molecule has 0 bridgehead atoms. The zero-order valence-electron chi connectivity index (χ0n) is 16.6. The molecular formula is C20H27N7O. The highest BCUT2D eigenvalue weighted by Gasteiger charge is 2.19. The van der Waals surface area contributed by atoms with Crippen LogP contribution in [-0.2, 0) is 11.8 Å². The molecule has 3 rings (SSSR count). The number of hydrogen-bond acceptors (Lipinski definition) is 6. The number of carbonyl (C=O) groups is 1. The molecule has 0 unspecified atom stereocenters. The maximum absolute atomic E-state index is 11.0. The Bertz CT molecular complexity index is 869. The Balaban J connectivity index is 1.71. The van der Waals surface area contributed by atoms with Crippen molar-refractivity contribution in [2.24, 2.45) is 23.7 Å². The first-order chi connectivity index (χ1) is 13.5. The van der Waals surface area contributed by atoms with Crippen LogP contribution in [0.1, 0.15) is 18.9 Å².